The van der Waals surface area contributed by atoms with Crippen molar-refractivity contribution in [2.75, 3.05) is 53.2 Å². The molecule has 0 aromatic carbocycles. The number of ether oxygens (including phenoxy) is 4. The van der Waals surface area contributed by atoms with E-state index in [4.69, 9.17) is 44.2 Å². The summed E-state index contributed by atoms with van der Waals surface area (Å²) in [6.07, 6.45) is -2.21. The summed E-state index contributed by atoms with van der Waals surface area (Å²) >= 11 is 9.77. The van der Waals surface area contributed by atoms with Crippen molar-refractivity contribution in [3.63, 3.8) is 0 Å². The zero-order valence-corrected chi connectivity index (χ0v) is 22.9. The number of amides is 1. The van der Waals surface area contributed by atoms with Gasteiger partial charge in [0.2, 0.25) is 5.91 Å². The smallest absolute Gasteiger partial charge is 0.741 e. The van der Waals surface area contributed by atoms with Crippen molar-refractivity contribution in [2.24, 2.45) is 20.4 Å². The third kappa shape index (κ3) is 15.4. The van der Waals surface area contributed by atoms with Crippen LogP contribution in [0.5, 0.6) is 0 Å². The summed E-state index contributed by atoms with van der Waals surface area (Å²) in [5, 5.41) is 52.6. The number of rotatable bonds is 15. The van der Waals surface area contributed by atoms with Gasteiger partial charge in [-0.1, -0.05) is 0 Å². The van der Waals surface area contributed by atoms with Crippen LogP contribution in [-0.4, -0.2) is 128 Å². The van der Waals surface area contributed by atoms with Gasteiger partial charge in [0.1, 0.15) is 24.4 Å². The van der Waals surface area contributed by atoms with Crippen LogP contribution in [0.4, 0.5) is 0 Å². The van der Waals surface area contributed by atoms with Crippen LogP contribution in [0.3, 0.4) is 0 Å². The molecule has 1 aliphatic rings. The Balaban J connectivity index is 0.0000130. The monoisotopic (exact) mass is 614 g/mol. The third-order valence-corrected chi connectivity index (χ3v) is 4.88. The van der Waals surface area contributed by atoms with Crippen LogP contribution in [0.15, 0.2) is 20.4 Å². The summed E-state index contributed by atoms with van der Waals surface area (Å²) in [6.45, 7) is 2.42. The van der Waals surface area contributed by atoms with Gasteiger partial charge in [0, 0.05) is 20.5 Å². The molecule has 1 rings (SSSR count). The molecule has 1 aliphatic heterocycles. The predicted octanol–water partition coefficient (Wildman–Crippen LogP) is -3.44. The topological polar surface area (TPSA) is 200 Å². The standard InChI is InChI=1S/C19H35N7O8S2.Cu/c1-12(28)24-14-16(30)15(29)13(11-27)34-17(14)33-10-9-32-8-7-31-6-5-21-19(36)26-23-4-3-22-25-18(35)20-2;/h3-4,13-17,27,29-30H,5-11H2,1-2H3,(H,24,28)(H2,20,25,35)(H2,21,26,36);/q;+2/p-2/b22-3+,23-4+;/t13?,14?,15-,16+,17+;/m0./s1. The Labute approximate surface area is 236 Å². The van der Waals surface area contributed by atoms with Crippen molar-refractivity contribution in [1.29, 1.82) is 0 Å². The van der Waals surface area contributed by atoms with E-state index in [1.54, 1.807) is 7.05 Å². The van der Waals surface area contributed by atoms with E-state index >= 15 is 0 Å². The second kappa shape index (κ2) is 21.4. The van der Waals surface area contributed by atoms with Crippen LogP contribution < -0.4 is 16.0 Å². The van der Waals surface area contributed by atoms with Crippen LogP contribution >= 0.6 is 0 Å². The number of carbonyl (C=O) groups excluding carboxylic acids is 1. The Hall–Kier alpha value is -1.57. The predicted molar refractivity (Wildman–Crippen MR) is 137 cm³/mol. The largest absolute Gasteiger partial charge is 2.00 e. The molecule has 1 heterocycles. The molecule has 215 valence electrons. The van der Waals surface area contributed by atoms with E-state index in [1.807, 2.05) is 0 Å². The number of nitrogens with zero attached hydrogens (tertiary/aromatic N) is 4. The molecule has 5 atom stereocenters. The third-order valence-electron chi connectivity index (χ3n) is 4.37. The van der Waals surface area contributed by atoms with Crippen LogP contribution in [0.25, 0.3) is 0 Å². The first-order chi connectivity index (χ1) is 17.3. The van der Waals surface area contributed by atoms with E-state index in [0.29, 0.717) is 26.4 Å². The molecule has 0 bridgehead atoms. The molecule has 2 unspecified atom stereocenters. The maximum Gasteiger partial charge on any atom is 2.00 e. The minimum Gasteiger partial charge on any atom is -0.741 e. The van der Waals surface area contributed by atoms with Crippen LogP contribution in [-0.2, 0) is 66.1 Å². The van der Waals surface area contributed by atoms with Crippen molar-refractivity contribution < 1.29 is 56.1 Å². The zero-order valence-electron chi connectivity index (χ0n) is 20.3. The maximum atomic E-state index is 11.4. The van der Waals surface area contributed by atoms with Crippen molar-refractivity contribution in [3.05, 3.63) is 0 Å². The van der Waals surface area contributed by atoms with Crippen LogP contribution in [0, 0.1) is 0 Å². The van der Waals surface area contributed by atoms with Gasteiger partial charge >= 0.3 is 17.1 Å². The Morgan fingerprint density at radius 2 is 1.59 bits per heavy atom. The summed E-state index contributed by atoms with van der Waals surface area (Å²) in [5.74, 6) is -0.428. The molecular weight excluding hydrogens is 582 g/mol. The molecule has 37 heavy (non-hydrogen) atoms. The van der Waals surface area contributed by atoms with Crippen molar-refractivity contribution in [2.45, 2.75) is 37.6 Å². The number of aliphatic hydroxyl groups excluding tert-OH is 3. The van der Waals surface area contributed by atoms with E-state index in [1.165, 1.54) is 19.4 Å². The first-order valence-corrected chi connectivity index (χ1v) is 11.7. The zero-order chi connectivity index (χ0) is 26.8. The number of carbonyl (C=O) groups is 1. The van der Waals surface area contributed by atoms with Crippen molar-refractivity contribution >= 4 is 53.9 Å². The fraction of sp³-hybridized carbons (Fsp3) is 0.737. The minimum atomic E-state index is -1.37. The van der Waals surface area contributed by atoms with Gasteiger partial charge in [-0.3, -0.25) is 4.79 Å². The summed E-state index contributed by atoms with van der Waals surface area (Å²) in [4.78, 5) is 11.4. The van der Waals surface area contributed by atoms with Gasteiger partial charge in [0.25, 0.3) is 0 Å². The number of hydrogen-bond acceptors (Lipinski definition) is 14. The molecule has 0 spiro atoms. The van der Waals surface area contributed by atoms with E-state index in [-0.39, 0.29) is 40.6 Å². The molecule has 1 amide bonds. The molecule has 15 nitrogen and oxygen atoms in total. The number of amidine groups is 2. The van der Waals surface area contributed by atoms with Gasteiger partial charge in [-0.2, -0.15) is 20.4 Å². The van der Waals surface area contributed by atoms with E-state index in [2.05, 4.69) is 36.4 Å². The average Bonchev–Trinajstić information content (AvgIpc) is 2.85. The minimum absolute atomic E-state index is 0. The summed E-state index contributed by atoms with van der Waals surface area (Å²) < 4.78 is 21.8. The van der Waals surface area contributed by atoms with Crippen LogP contribution in [0.2, 0.25) is 0 Å². The van der Waals surface area contributed by atoms with E-state index in [0.717, 1.165) is 0 Å². The first kappa shape index (κ1) is 35.4. The van der Waals surface area contributed by atoms with Crippen LogP contribution in [0.1, 0.15) is 6.92 Å². The number of aliphatic hydroxyl groups is 3. The number of hydrogen-bond donors (Lipinski definition) is 6. The Kier molecular flexibility index (Phi) is 20.5. The first-order valence-electron chi connectivity index (χ1n) is 10.9. The molecule has 0 aliphatic carbocycles. The molecule has 18 heteroatoms. The fourth-order valence-electron chi connectivity index (χ4n) is 2.70. The molecule has 0 saturated carbocycles. The maximum absolute atomic E-state index is 11.4. The van der Waals surface area contributed by atoms with Gasteiger partial charge in [-0.15, -0.1) is 0 Å². The van der Waals surface area contributed by atoms with Gasteiger partial charge < -0.3 is 75.5 Å². The van der Waals surface area contributed by atoms with Crippen molar-refractivity contribution in [3.8, 4) is 0 Å². The molecule has 1 saturated heterocycles. The molecule has 1 radical (unpaired) electrons. The van der Waals surface area contributed by atoms with Crippen molar-refractivity contribution in [1.82, 2.24) is 16.0 Å². The number of nitrogens with one attached hydrogen (secondary N) is 3. The van der Waals surface area contributed by atoms with Gasteiger partial charge in [-0.25, -0.2) is 0 Å². The Morgan fingerprint density at radius 1 is 1.00 bits per heavy atom. The molecule has 0 aromatic rings. The summed E-state index contributed by atoms with van der Waals surface area (Å²) in [6, 6.07) is -0.995. The average molecular weight is 615 g/mol. The second-order valence-electron chi connectivity index (χ2n) is 7.04. The molecule has 1 fully saturated rings. The molecule has 6 N–H and O–H groups in total. The SMILES string of the molecule is CN/C([S-])=N/N=C/C=N/N=C(\[S-])NCCOCCOCCO[C@@H]1OC(CO)[C@H](O)[C@H](O)C1NC(C)=O.[Cu+2]. The van der Waals surface area contributed by atoms with Gasteiger partial charge in [0.15, 0.2) is 6.29 Å². The molecule has 0 aromatic heterocycles. The normalized spacial score (nSPS) is 24.7. The Morgan fingerprint density at radius 3 is 2.19 bits per heavy atom. The molecular formula is C19H33CuN7O8S2. The fourth-order valence-corrected chi connectivity index (χ4v) is 2.90. The van der Waals surface area contributed by atoms with Gasteiger partial charge in [0.05, 0.1) is 52.1 Å². The van der Waals surface area contributed by atoms with E-state index in [9.17, 15) is 20.1 Å². The summed E-state index contributed by atoms with van der Waals surface area (Å²) in [7, 11) is 1.64. The second-order valence-corrected chi connectivity index (χ2v) is 7.82. The summed E-state index contributed by atoms with van der Waals surface area (Å²) in [5.41, 5.74) is 0. The van der Waals surface area contributed by atoms with Gasteiger partial charge in [-0.05, 0) is 10.3 Å². The van der Waals surface area contributed by atoms with E-state index < -0.39 is 43.2 Å². The Bertz CT molecular complexity index is 766. The quantitative estimate of drug-likeness (QED) is 0.0267.